The Bertz CT molecular complexity index is 370. The van der Waals surface area contributed by atoms with E-state index in [1.807, 2.05) is 10.9 Å². The Morgan fingerprint density at radius 1 is 1.33 bits per heavy atom. The van der Waals surface area contributed by atoms with Gasteiger partial charge in [0.2, 0.25) is 0 Å². The highest BCUT2D eigenvalue weighted by molar-refractivity contribution is 5.42. The van der Waals surface area contributed by atoms with Gasteiger partial charge in [0.25, 0.3) is 0 Å². The number of anilines is 1. The number of hydrogen-bond donors (Lipinski definition) is 1. The van der Waals surface area contributed by atoms with Gasteiger partial charge >= 0.3 is 0 Å². The molecular weight excluding hydrogens is 224 g/mol. The summed E-state index contributed by atoms with van der Waals surface area (Å²) >= 11 is 0. The van der Waals surface area contributed by atoms with Gasteiger partial charge in [0.15, 0.2) is 0 Å². The lowest BCUT2D eigenvalue weighted by atomic mass is 10.0. The molecule has 1 aromatic rings. The molecule has 1 aromatic heterocycles. The SMILES string of the molecule is CC(C)C1CN(c2cnn(C(C)C)c2)CCCN1. The minimum atomic E-state index is 0.435. The van der Waals surface area contributed by atoms with Crippen molar-refractivity contribution in [3.63, 3.8) is 0 Å². The minimum absolute atomic E-state index is 0.435. The summed E-state index contributed by atoms with van der Waals surface area (Å²) in [6.45, 7) is 12.2. The van der Waals surface area contributed by atoms with Crippen LogP contribution in [-0.4, -0.2) is 35.5 Å². The van der Waals surface area contributed by atoms with Crippen LogP contribution in [0.5, 0.6) is 0 Å². The van der Waals surface area contributed by atoms with E-state index in [1.165, 1.54) is 12.1 Å². The predicted octanol–water partition coefficient (Wildman–Crippen LogP) is 2.29. The van der Waals surface area contributed by atoms with E-state index in [2.05, 4.69) is 49.2 Å². The summed E-state index contributed by atoms with van der Waals surface area (Å²) in [5.41, 5.74) is 1.26. The summed E-state index contributed by atoms with van der Waals surface area (Å²) in [7, 11) is 0. The van der Waals surface area contributed by atoms with Gasteiger partial charge in [-0.1, -0.05) is 13.8 Å². The molecule has 0 radical (unpaired) electrons. The second kappa shape index (κ2) is 5.74. The normalized spacial score (nSPS) is 21.7. The van der Waals surface area contributed by atoms with Crippen molar-refractivity contribution >= 4 is 5.69 Å². The second-order valence-electron chi connectivity index (χ2n) is 5.88. The molecule has 1 atom stereocenters. The van der Waals surface area contributed by atoms with Gasteiger partial charge < -0.3 is 10.2 Å². The first-order valence-corrected chi connectivity index (χ1v) is 7.10. The standard InChI is InChI=1S/C14H26N4/c1-11(2)14-10-17(7-5-6-15-14)13-8-16-18(9-13)12(3)4/h8-9,11-12,14-15H,5-7,10H2,1-4H3. The van der Waals surface area contributed by atoms with Crippen LogP contribution < -0.4 is 10.2 Å². The maximum Gasteiger partial charge on any atom is 0.0753 e. The monoisotopic (exact) mass is 250 g/mol. The second-order valence-corrected chi connectivity index (χ2v) is 5.88. The van der Waals surface area contributed by atoms with Crippen LogP contribution in [0.2, 0.25) is 0 Å². The van der Waals surface area contributed by atoms with Crippen LogP contribution >= 0.6 is 0 Å². The molecule has 4 nitrogen and oxygen atoms in total. The average molecular weight is 250 g/mol. The van der Waals surface area contributed by atoms with E-state index in [4.69, 9.17) is 0 Å². The molecule has 102 valence electrons. The van der Waals surface area contributed by atoms with Crippen molar-refractivity contribution in [2.75, 3.05) is 24.5 Å². The van der Waals surface area contributed by atoms with Crippen LogP contribution in [-0.2, 0) is 0 Å². The van der Waals surface area contributed by atoms with E-state index in [-0.39, 0.29) is 0 Å². The van der Waals surface area contributed by atoms with Gasteiger partial charge in [0, 0.05) is 31.4 Å². The highest BCUT2D eigenvalue weighted by Crippen LogP contribution is 2.19. The molecule has 18 heavy (non-hydrogen) atoms. The van der Waals surface area contributed by atoms with E-state index >= 15 is 0 Å². The maximum atomic E-state index is 4.45. The molecule has 0 aromatic carbocycles. The molecule has 0 bridgehead atoms. The molecule has 1 saturated heterocycles. The van der Waals surface area contributed by atoms with Gasteiger partial charge in [-0.25, -0.2) is 0 Å². The Morgan fingerprint density at radius 2 is 2.11 bits per heavy atom. The third kappa shape index (κ3) is 3.05. The van der Waals surface area contributed by atoms with Gasteiger partial charge in [-0.2, -0.15) is 5.10 Å². The van der Waals surface area contributed by atoms with E-state index < -0.39 is 0 Å². The zero-order valence-corrected chi connectivity index (χ0v) is 12.1. The Hall–Kier alpha value is -1.03. The molecule has 0 aliphatic carbocycles. The maximum absolute atomic E-state index is 4.45. The molecule has 1 fully saturated rings. The summed E-state index contributed by atoms with van der Waals surface area (Å²) in [5.74, 6) is 0.672. The van der Waals surface area contributed by atoms with Crippen LogP contribution in [0.4, 0.5) is 5.69 Å². The zero-order valence-electron chi connectivity index (χ0n) is 12.1. The number of hydrogen-bond acceptors (Lipinski definition) is 3. The third-order valence-corrected chi connectivity index (χ3v) is 3.72. The summed E-state index contributed by atoms with van der Waals surface area (Å²) in [6, 6.07) is 1.01. The fourth-order valence-electron chi connectivity index (χ4n) is 2.41. The molecule has 1 aliphatic heterocycles. The Morgan fingerprint density at radius 3 is 2.72 bits per heavy atom. The van der Waals surface area contributed by atoms with Crippen molar-refractivity contribution in [1.82, 2.24) is 15.1 Å². The van der Waals surface area contributed by atoms with E-state index in [9.17, 15) is 0 Å². The first kappa shape index (κ1) is 13.4. The van der Waals surface area contributed by atoms with Gasteiger partial charge in [0.1, 0.15) is 0 Å². The number of aromatic nitrogens is 2. The van der Waals surface area contributed by atoms with Crippen molar-refractivity contribution in [3.05, 3.63) is 12.4 Å². The zero-order chi connectivity index (χ0) is 13.1. The van der Waals surface area contributed by atoms with Crippen molar-refractivity contribution in [2.24, 2.45) is 5.92 Å². The first-order chi connectivity index (χ1) is 8.58. The van der Waals surface area contributed by atoms with Gasteiger partial charge in [0.05, 0.1) is 11.9 Å². The van der Waals surface area contributed by atoms with Crippen LogP contribution in [0.3, 0.4) is 0 Å². The smallest absolute Gasteiger partial charge is 0.0753 e. The van der Waals surface area contributed by atoms with Gasteiger partial charge in [-0.05, 0) is 32.7 Å². The third-order valence-electron chi connectivity index (χ3n) is 3.72. The summed E-state index contributed by atoms with van der Waals surface area (Å²) in [6.07, 6.45) is 5.38. The number of nitrogens with zero attached hydrogens (tertiary/aromatic N) is 3. The first-order valence-electron chi connectivity index (χ1n) is 7.10. The Balaban J connectivity index is 2.09. The van der Waals surface area contributed by atoms with Gasteiger partial charge in [-0.3, -0.25) is 4.68 Å². The molecule has 0 saturated carbocycles. The number of nitrogens with one attached hydrogen (secondary N) is 1. The lowest BCUT2D eigenvalue weighted by Crippen LogP contribution is -2.41. The molecular formula is C14H26N4. The van der Waals surface area contributed by atoms with Crippen molar-refractivity contribution in [1.29, 1.82) is 0 Å². The predicted molar refractivity (Wildman–Crippen MR) is 76.1 cm³/mol. The quantitative estimate of drug-likeness (QED) is 0.893. The van der Waals surface area contributed by atoms with Crippen LogP contribution in [0, 0.1) is 5.92 Å². The van der Waals surface area contributed by atoms with Crippen molar-refractivity contribution in [2.45, 2.75) is 46.2 Å². The Labute approximate surface area is 110 Å². The fraction of sp³-hybridized carbons (Fsp3) is 0.786. The van der Waals surface area contributed by atoms with Crippen LogP contribution in [0.1, 0.15) is 40.2 Å². The summed E-state index contributed by atoms with van der Waals surface area (Å²) in [5, 5.41) is 8.09. The topological polar surface area (TPSA) is 33.1 Å². The molecule has 2 rings (SSSR count). The molecule has 0 amide bonds. The highest BCUT2D eigenvalue weighted by Gasteiger charge is 2.21. The van der Waals surface area contributed by atoms with Crippen molar-refractivity contribution < 1.29 is 0 Å². The lowest BCUT2D eigenvalue weighted by molar-refractivity contribution is 0.420. The van der Waals surface area contributed by atoms with E-state index in [0.717, 1.165) is 19.6 Å². The average Bonchev–Trinajstić information content (AvgIpc) is 2.67. The van der Waals surface area contributed by atoms with Crippen molar-refractivity contribution in [3.8, 4) is 0 Å². The molecule has 1 aliphatic rings. The van der Waals surface area contributed by atoms with Crippen LogP contribution in [0.15, 0.2) is 12.4 Å². The minimum Gasteiger partial charge on any atom is -0.367 e. The highest BCUT2D eigenvalue weighted by atomic mass is 15.3. The molecule has 2 heterocycles. The van der Waals surface area contributed by atoms with E-state index in [1.54, 1.807) is 0 Å². The largest absolute Gasteiger partial charge is 0.367 e. The molecule has 4 heteroatoms. The molecule has 1 unspecified atom stereocenters. The summed E-state index contributed by atoms with van der Waals surface area (Å²) in [4.78, 5) is 2.47. The summed E-state index contributed by atoms with van der Waals surface area (Å²) < 4.78 is 2.04. The Kier molecular flexibility index (Phi) is 4.27. The van der Waals surface area contributed by atoms with Gasteiger partial charge in [-0.15, -0.1) is 0 Å². The lowest BCUT2D eigenvalue weighted by Gasteiger charge is -2.27. The molecule has 1 N–H and O–H groups in total. The van der Waals surface area contributed by atoms with E-state index in [0.29, 0.717) is 18.0 Å². The van der Waals surface area contributed by atoms with Crippen LogP contribution in [0.25, 0.3) is 0 Å². The fourth-order valence-corrected chi connectivity index (χ4v) is 2.41. The molecule has 0 spiro atoms. The number of rotatable bonds is 3.